The maximum Gasteiger partial charge on any atom is 0.251 e. The van der Waals surface area contributed by atoms with Crippen LogP contribution in [0.25, 0.3) is 0 Å². The van der Waals surface area contributed by atoms with Crippen molar-refractivity contribution in [1.29, 1.82) is 5.26 Å². The minimum absolute atomic E-state index is 0.173. The number of hydrogen-bond donors (Lipinski definition) is 0. The fourth-order valence-electron chi connectivity index (χ4n) is 1.92. The van der Waals surface area contributed by atoms with Gasteiger partial charge in [0.05, 0.1) is 5.56 Å². The molecule has 0 spiro atoms. The van der Waals surface area contributed by atoms with Gasteiger partial charge in [-0.15, -0.1) is 0 Å². The van der Waals surface area contributed by atoms with E-state index in [0.29, 0.717) is 11.4 Å². The van der Waals surface area contributed by atoms with Crippen molar-refractivity contribution >= 4 is 5.82 Å². The summed E-state index contributed by atoms with van der Waals surface area (Å²) in [7, 11) is 0. The molecule has 0 aromatic carbocycles. The number of nitriles is 1. The second-order valence-corrected chi connectivity index (χ2v) is 4.28. The van der Waals surface area contributed by atoms with Crippen molar-refractivity contribution in [2.75, 3.05) is 18.0 Å². The number of hydrogen-bond acceptors (Lipinski definition) is 3. The molecule has 17 heavy (non-hydrogen) atoms. The van der Waals surface area contributed by atoms with Crippen LogP contribution in [0, 0.1) is 18.3 Å². The van der Waals surface area contributed by atoms with E-state index in [-0.39, 0.29) is 25.9 Å². The predicted octanol–water partition coefficient (Wildman–Crippen LogP) is 2.50. The first kappa shape index (κ1) is 11.8. The minimum Gasteiger partial charge on any atom is -0.355 e. The van der Waals surface area contributed by atoms with Gasteiger partial charge in [-0.05, 0) is 19.1 Å². The summed E-state index contributed by atoms with van der Waals surface area (Å²) < 4.78 is 26.1. The van der Waals surface area contributed by atoms with Crippen molar-refractivity contribution in [2.24, 2.45) is 0 Å². The van der Waals surface area contributed by atoms with Crippen molar-refractivity contribution in [3.8, 4) is 6.07 Å². The molecule has 2 heterocycles. The number of piperidine rings is 1. The third kappa shape index (κ3) is 2.52. The summed E-state index contributed by atoms with van der Waals surface area (Å²) in [6.07, 6.45) is -0.346. The Hall–Kier alpha value is -1.70. The zero-order chi connectivity index (χ0) is 12.5. The van der Waals surface area contributed by atoms with Crippen molar-refractivity contribution in [1.82, 2.24) is 4.98 Å². The molecule has 3 nitrogen and oxygen atoms in total. The van der Waals surface area contributed by atoms with E-state index >= 15 is 0 Å². The Kier molecular flexibility index (Phi) is 2.97. The average molecular weight is 237 g/mol. The van der Waals surface area contributed by atoms with Crippen LogP contribution in [0.5, 0.6) is 0 Å². The maximum atomic E-state index is 13.0. The minimum atomic E-state index is -2.58. The van der Waals surface area contributed by atoms with Gasteiger partial charge in [0, 0.05) is 31.6 Å². The first-order valence-corrected chi connectivity index (χ1v) is 5.52. The molecule has 1 aliphatic heterocycles. The van der Waals surface area contributed by atoms with Crippen molar-refractivity contribution in [3.05, 3.63) is 23.4 Å². The van der Waals surface area contributed by atoms with Gasteiger partial charge in [0.25, 0.3) is 5.92 Å². The van der Waals surface area contributed by atoms with Crippen LogP contribution >= 0.6 is 0 Å². The summed E-state index contributed by atoms with van der Waals surface area (Å²) in [6, 6.07) is 5.48. The van der Waals surface area contributed by atoms with Gasteiger partial charge < -0.3 is 4.90 Å². The van der Waals surface area contributed by atoms with Crippen LogP contribution in [0.3, 0.4) is 0 Å². The third-order valence-electron chi connectivity index (χ3n) is 2.93. The molecule has 0 aliphatic carbocycles. The van der Waals surface area contributed by atoms with E-state index in [9.17, 15) is 8.78 Å². The molecule has 1 aromatic heterocycles. The van der Waals surface area contributed by atoms with E-state index in [1.54, 1.807) is 17.0 Å². The zero-order valence-electron chi connectivity index (χ0n) is 9.58. The van der Waals surface area contributed by atoms with Crippen LogP contribution in [0.1, 0.15) is 24.1 Å². The van der Waals surface area contributed by atoms with Crippen molar-refractivity contribution < 1.29 is 8.78 Å². The number of aromatic nitrogens is 1. The molecule has 0 saturated carbocycles. The number of nitrogens with zero attached hydrogens (tertiary/aromatic N) is 3. The van der Waals surface area contributed by atoms with Gasteiger partial charge in [0.15, 0.2) is 0 Å². The molecule has 0 amide bonds. The monoisotopic (exact) mass is 237 g/mol. The lowest BCUT2D eigenvalue weighted by molar-refractivity contribution is -0.0221. The summed E-state index contributed by atoms with van der Waals surface area (Å²) in [5.41, 5.74) is 1.23. The first-order valence-electron chi connectivity index (χ1n) is 5.52. The molecular formula is C12H13F2N3. The van der Waals surface area contributed by atoms with E-state index in [1.165, 1.54) is 0 Å². The quantitative estimate of drug-likeness (QED) is 0.753. The molecule has 5 heteroatoms. The van der Waals surface area contributed by atoms with Crippen molar-refractivity contribution in [3.63, 3.8) is 0 Å². The van der Waals surface area contributed by atoms with Gasteiger partial charge in [0.2, 0.25) is 0 Å². The molecule has 0 unspecified atom stereocenters. The van der Waals surface area contributed by atoms with E-state index in [1.807, 2.05) is 13.0 Å². The second-order valence-electron chi connectivity index (χ2n) is 4.28. The Bertz CT molecular complexity index is 455. The Balaban J connectivity index is 2.24. The Morgan fingerprint density at radius 1 is 1.35 bits per heavy atom. The fraction of sp³-hybridized carbons (Fsp3) is 0.500. The van der Waals surface area contributed by atoms with Gasteiger partial charge in [-0.3, -0.25) is 0 Å². The number of pyridine rings is 1. The molecule has 0 N–H and O–H groups in total. The molecule has 90 valence electrons. The van der Waals surface area contributed by atoms with Gasteiger partial charge in [0.1, 0.15) is 11.9 Å². The normalized spacial score (nSPS) is 18.8. The number of alkyl halides is 2. The van der Waals surface area contributed by atoms with E-state index in [0.717, 1.165) is 5.69 Å². The largest absolute Gasteiger partial charge is 0.355 e. The average Bonchev–Trinajstić information content (AvgIpc) is 2.29. The van der Waals surface area contributed by atoms with Crippen molar-refractivity contribution in [2.45, 2.75) is 25.7 Å². The molecule has 2 rings (SSSR count). The van der Waals surface area contributed by atoms with E-state index in [4.69, 9.17) is 5.26 Å². The highest BCUT2D eigenvalue weighted by molar-refractivity contribution is 5.54. The van der Waals surface area contributed by atoms with Gasteiger partial charge in [-0.2, -0.15) is 5.26 Å². The smallest absolute Gasteiger partial charge is 0.251 e. The molecular weight excluding hydrogens is 224 g/mol. The first-order chi connectivity index (χ1) is 8.02. The Labute approximate surface area is 98.7 Å². The summed E-state index contributed by atoms with van der Waals surface area (Å²) >= 11 is 0. The third-order valence-corrected chi connectivity index (χ3v) is 2.93. The zero-order valence-corrected chi connectivity index (χ0v) is 9.58. The SMILES string of the molecule is Cc1ccc(C#N)c(N2CCC(F)(F)CC2)n1. The molecule has 0 radical (unpaired) electrons. The summed E-state index contributed by atoms with van der Waals surface area (Å²) in [4.78, 5) is 6.04. The standard InChI is InChI=1S/C12H13F2N3/c1-9-2-3-10(8-15)11(16-9)17-6-4-12(13,14)5-7-17/h2-3H,4-7H2,1H3. The summed E-state index contributed by atoms with van der Waals surface area (Å²) in [5.74, 6) is -2.05. The van der Waals surface area contributed by atoms with Gasteiger partial charge in [-0.25, -0.2) is 13.8 Å². The number of rotatable bonds is 1. The topological polar surface area (TPSA) is 39.9 Å². The van der Waals surface area contributed by atoms with E-state index in [2.05, 4.69) is 4.98 Å². The molecule has 1 aromatic rings. The fourth-order valence-corrected chi connectivity index (χ4v) is 1.92. The highest BCUT2D eigenvalue weighted by atomic mass is 19.3. The van der Waals surface area contributed by atoms with Crippen LogP contribution in [0.2, 0.25) is 0 Å². The van der Waals surface area contributed by atoms with Crippen LogP contribution < -0.4 is 4.90 Å². The number of aryl methyl sites for hydroxylation is 1. The van der Waals surface area contributed by atoms with Crippen LogP contribution in [0.4, 0.5) is 14.6 Å². The number of halogens is 2. The second kappa shape index (κ2) is 4.28. The molecule has 0 bridgehead atoms. The Morgan fingerprint density at radius 3 is 2.59 bits per heavy atom. The number of anilines is 1. The summed E-state index contributed by atoms with van der Waals surface area (Å²) in [5, 5.41) is 8.98. The van der Waals surface area contributed by atoms with Crippen LogP contribution in [-0.2, 0) is 0 Å². The molecule has 1 fully saturated rings. The maximum absolute atomic E-state index is 13.0. The molecule has 0 atom stereocenters. The highest BCUT2D eigenvalue weighted by Crippen LogP contribution is 2.30. The van der Waals surface area contributed by atoms with Crippen LogP contribution in [0.15, 0.2) is 12.1 Å². The summed E-state index contributed by atoms with van der Waals surface area (Å²) in [6.45, 7) is 2.32. The lowest BCUT2D eigenvalue weighted by Crippen LogP contribution is -2.40. The lowest BCUT2D eigenvalue weighted by atomic mass is 10.1. The predicted molar refractivity (Wildman–Crippen MR) is 60.1 cm³/mol. The van der Waals surface area contributed by atoms with E-state index < -0.39 is 5.92 Å². The molecule has 1 aliphatic rings. The van der Waals surface area contributed by atoms with Crippen LogP contribution in [-0.4, -0.2) is 24.0 Å². The van der Waals surface area contributed by atoms with Gasteiger partial charge >= 0.3 is 0 Å². The van der Waals surface area contributed by atoms with Gasteiger partial charge in [-0.1, -0.05) is 0 Å². The lowest BCUT2D eigenvalue weighted by Gasteiger charge is -2.33. The highest BCUT2D eigenvalue weighted by Gasteiger charge is 2.34. The Morgan fingerprint density at radius 2 is 2.00 bits per heavy atom. The molecule has 1 saturated heterocycles.